The first-order valence-corrected chi connectivity index (χ1v) is 36.3. The summed E-state index contributed by atoms with van der Waals surface area (Å²) in [6.07, 6.45) is -13.5. The Morgan fingerprint density at radius 3 is 1.12 bits per heavy atom. The maximum Gasteiger partial charge on any atom is 0.320 e. The molecule has 8 rings (SSSR count). The number of carboxylic acids is 1. The molecule has 0 bridgehead atoms. The van der Waals surface area contributed by atoms with Gasteiger partial charge >= 0.3 is 5.97 Å². The summed E-state index contributed by atoms with van der Waals surface area (Å²) in [5.74, 6) is -3.24. The monoisotopic (exact) mass is 1580 g/mol. The van der Waals surface area contributed by atoms with Crippen molar-refractivity contribution in [3.63, 3.8) is 0 Å². The SMILES string of the molecule is CC(=O)N[C@H]1[C@H](OCCOCCn2cc(CN(CCCC[C@@H](C(=O)O)N(Cc3cn(CCOCCOC4O[C@H](CO)[C@H](O)[C@H](O)[C@H]4NC(C)=O)nn3)Cc3cn(CCOCCO[C@@H]4O[C@H](CO)[C@H](O)[C@H](O)[C@H]4C)nn3)Cc3cn(CCOCCO[C@@H]4O[C@H](CO)[C@H](O)[C@H](O)[C@H]4NC(C)=O)nn3)nn2)O[C@H](O)[C@H](O)[C@@H]1O. The Bertz CT molecular complexity index is 3340. The lowest BCUT2D eigenvalue weighted by molar-refractivity contribution is -0.316. The molecule has 0 spiro atoms. The summed E-state index contributed by atoms with van der Waals surface area (Å²) < 4.78 is 74.4. The predicted octanol–water partition coefficient (Wildman–Crippen LogP) is -9.62. The minimum Gasteiger partial charge on any atom is -0.480 e. The Morgan fingerprint density at radius 2 is 0.764 bits per heavy atom. The van der Waals surface area contributed by atoms with Crippen LogP contribution in [0.25, 0.3) is 0 Å². The second-order valence-electron chi connectivity index (χ2n) is 26.8. The lowest BCUT2D eigenvalue weighted by Gasteiger charge is -2.42. The molecule has 4 fully saturated rings. The summed E-state index contributed by atoms with van der Waals surface area (Å²) in [6.45, 7) is 6.18. The molecule has 21 atom stereocenters. The van der Waals surface area contributed by atoms with Gasteiger partial charge in [-0.2, -0.15) is 0 Å². The van der Waals surface area contributed by atoms with Gasteiger partial charge in [-0.1, -0.05) is 34.2 Å². The number of aliphatic hydroxyl groups excluding tert-OH is 12. The van der Waals surface area contributed by atoms with Crippen LogP contribution < -0.4 is 16.0 Å². The summed E-state index contributed by atoms with van der Waals surface area (Å²) >= 11 is 0. The first-order chi connectivity index (χ1) is 52.8. The molecule has 46 heteroatoms. The standard InChI is InChI=1S/C64H107N17O29/c1-36-51(88)52(89)45(33-82)107-61(36)103-21-17-99-15-11-80-31-42(70-74-80)27-77(28-43-32-81(75-71-43)12-16-101-19-23-105-63-49(66-38(3)86)56(93)54(91)47(35-84)109-63)44(59(96)97)7-5-6-8-76(26-41-30-79(73-69-41)10-14-102-20-24-106-64-50(67-39(4)87)57(94)58(95)60(98)110-64)25-40-29-78(72-68-40)9-13-100-18-22-104-62-48(65-37(2)85)55(92)53(90)46(34-83)108-62/h29-32,36,44-58,60-64,82-84,88-95,98H,5-28,33-35H2,1-4H3,(H,65,85)(H,66,86)(H,67,87)(H,96,97)/t36-,44+,45-,46-,47-,48-,49-,50-,51-,52+,53+,54+,55-,56-,57-,58-,60+,61-,62-,63?,64-/m1/s1. The smallest absolute Gasteiger partial charge is 0.320 e. The maximum absolute atomic E-state index is 13.5. The highest BCUT2D eigenvalue weighted by atomic mass is 16.7. The van der Waals surface area contributed by atoms with E-state index in [4.69, 9.17) is 56.8 Å². The fourth-order valence-corrected chi connectivity index (χ4v) is 12.5. The molecule has 0 aromatic carbocycles. The van der Waals surface area contributed by atoms with Gasteiger partial charge in [0, 0.05) is 77.7 Å². The lowest BCUT2D eigenvalue weighted by atomic mass is 9.92. The largest absolute Gasteiger partial charge is 0.480 e. The number of unbranched alkanes of at least 4 members (excludes halogenated alkanes) is 1. The number of carboxylic acid groups (broad SMARTS) is 1. The molecular formula is C64H107N17O29. The average molecular weight is 1580 g/mol. The van der Waals surface area contributed by atoms with Crippen molar-refractivity contribution >= 4 is 23.7 Å². The highest BCUT2D eigenvalue weighted by molar-refractivity contribution is 5.74. The van der Waals surface area contributed by atoms with E-state index in [9.17, 15) is 85.6 Å². The fourth-order valence-electron chi connectivity index (χ4n) is 12.5. The Morgan fingerprint density at radius 1 is 0.436 bits per heavy atom. The number of hydrogen-bond acceptors (Lipinski definition) is 38. The molecule has 4 saturated heterocycles. The van der Waals surface area contributed by atoms with Crippen molar-refractivity contribution in [2.75, 3.05) is 106 Å². The van der Waals surface area contributed by atoms with Crippen LogP contribution in [0.4, 0.5) is 0 Å². The zero-order chi connectivity index (χ0) is 79.4. The van der Waals surface area contributed by atoms with Gasteiger partial charge in [0.1, 0.15) is 85.2 Å². The van der Waals surface area contributed by atoms with Crippen LogP contribution >= 0.6 is 0 Å². The van der Waals surface area contributed by atoms with Crippen molar-refractivity contribution < 1.29 is 142 Å². The molecule has 3 amide bonds. The van der Waals surface area contributed by atoms with Gasteiger partial charge in [-0.15, -0.1) is 20.4 Å². The van der Waals surface area contributed by atoms with Crippen LogP contribution in [0.15, 0.2) is 24.8 Å². The Balaban J connectivity index is 0.885. The van der Waals surface area contributed by atoms with Crippen molar-refractivity contribution in [3.05, 3.63) is 47.6 Å². The van der Waals surface area contributed by atoms with Crippen molar-refractivity contribution in [1.29, 1.82) is 0 Å². The van der Waals surface area contributed by atoms with Gasteiger partial charge in [0.2, 0.25) is 17.7 Å². The number of nitrogens with one attached hydrogen (secondary N) is 3. The van der Waals surface area contributed by atoms with Gasteiger partial charge in [0.15, 0.2) is 31.5 Å². The van der Waals surface area contributed by atoms with E-state index in [1.807, 2.05) is 4.90 Å². The van der Waals surface area contributed by atoms with Gasteiger partial charge in [-0.25, -0.2) is 18.7 Å². The van der Waals surface area contributed by atoms with E-state index < -0.39 is 172 Å². The summed E-state index contributed by atoms with van der Waals surface area (Å²) in [4.78, 5) is 52.8. The van der Waals surface area contributed by atoms with Crippen LogP contribution in [0.2, 0.25) is 0 Å². The molecule has 4 aromatic heterocycles. The first-order valence-electron chi connectivity index (χ1n) is 36.3. The molecule has 16 N–H and O–H groups in total. The topological polar surface area (TPSA) is 607 Å². The predicted molar refractivity (Wildman–Crippen MR) is 364 cm³/mol. The van der Waals surface area contributed by atoms with Crippen LogP contribution in [0, 0.1) is 5.92 Å². The molecule has 0 aliphatic carbocycles. The highest BCUT2D eigenvalue weighted by Gasteiger charge is 2.48. The van der Waals surface area contributed by atoms with E-state index >= 15 is 0 Å². The van der Waals surface area contributed by atoms with E-state index in [1.165, 1.54) is 25.5 Å². The quantitative estimate of drug-likeness (QED) is 0.0183. The third-order valence-electron chi connectivity index (χ3n) is 18.3. The third-order valence-corrected chi connectivity index (χ3v) is 18.3. The van der Waals surface area contributed by atoms with Crippen molar-refractivity contribution in [3.8, 4) is 0 Å². The third kappa shape index (κ3) is 27.0. The van der Waals surface area contributed by atoms with Crippen molar-refractivity contribution in [2.45, 2.75) is 222 Å². The molecule has 8 heterocycles. The van der Waals surface area contributed by atoms with Crippen LogP contribution in [0.3, 0.4) is 0 Å². The van der Waals surface area contributed by atoms with E-state index in [0.29, 0.717) is 42.2 Å². The van der Waals surface area contributed by atoms with E-state index in [2.05, 4.69) is 57.2 Å². The normalized spacial score (nSPS) is 28.9. The van der Waals surface area contributed by atoms with Crippen LogP contribution in [0.5, 0.6) is 0 Å². The molecule has 0 radical (unpaired) electrons. The second kappa shape index (κ2) is 45.3. The molecule has 46 nitrogen and oxygen atoms in total. The van der Waals surface area contributed by atoms with Gasteiger partial charge in [0.25, 0.3) is 0 Å². The molecule has 0 saturated carbocycles. The van der Waals surface area contributed by atoms with E-state index in [-0.39, 0.29) is 138 Å². The number of hydrogen-bond donors (Lipinski definition) is 16. The van der Waals surface area contributed by atoms with Gasteiger partial charge in [0.05, 0.1) is 154 Å². The zero-order valence-electron chi connectivity index (χ0n) is 61.6. The molecule has 4 aliphatic rings. The Labute approximate surface area is 631 Å². The summed E-state index contributed by atoms with van der Waals surface area (Å²) in [5.41, 5.74) is 1.97. The molecule has 1 unspecified atom stereocenters. The highest BCUT2D eigenvalue weighted by Crippen LogP contribution is 2.28. The second-order valence-corrected chi connectivity index (χ2v) is 26.8. The van der Waals surface area contributed by atoms with Crippen molar-refractivity contribution in [2.24, 2.45) is 5.92 Å². The van der Waals surface area contributed by atoms with Crippen LogP contribution in [0.1, 0.15) is 69.7 Å². The summed E-state index contributed by atoms with van der Waals surface area (Å²) in [7, 11) is 0. The summed E-state index contributed by atoms with van der Waals surface area (Å²) in [5, 5.41) is 175. The number of aromatic nitrogens is 12. The first kappa shape index (κ1) is 89.0. The summed E-state index contributed by atoms with van der Waals surface area (Å²) in [6, 6.07) is -4.53. The molecule has 110 heavy (non-hydrogen) atoms. The Kier molecular flexibility index (Phi) is 36.7. The number of aliphatic carboxylic acids is 1. The van der Waals surface area contributed by atoms with Gasteiger partial charge in [-0.05, 0) is 19.4 Å². The number of carbonyl (C=O) groups is 4. The number of nitrogens with zero attached hydrogens (tertiary/aromatic N) is 14. The molecule has 622 valence electrons. The Hall–Kier alpha value is -6.60. The zero-order valence-corrected chi connectivity index (χ0v) is 61.6. The molecule has 4 aromatic rings. The number of amides is 3. The number of ether oxygens (including phenoxy) is 12. The minimum absolute atomic E-state index is 0.00273. The minimum atomic E-state index is -1.76. The van der Waals surface area contributed by atoms with Gasteiger partial charge < -0.3 is 139 Å². The fraction of sp³-hybridized carbons (Fsp3) is 0.812. The average Bonchev–Trinajstić information content (AvgIpc) is 1.02. The van der Waals surface area contributed by atoms with Crippen molar-refractivity contribution in [1.82, 2.24) is 85.7 Å². The molecular weight excluding hydrogens is 1470 g/mol. The van der Waals surface area contributed by atoms with Crippen LogP contribution in [-0.2, 0) is 128 Å². The molecule has 4 aliphatic heterocycles. The lowest BCUT2D eigenvalue weighted by Crippen LogP contribution is -2.64. The number of rotatable bonds is 49. The number of carbonyl (C=O) groups excluding carboxylic acids is 3. The van der Waals surface area contributed by atoms with Crippen LogP contribution in [-0.4, -0.2) is 388 Å². The van der Waals surface area contributed by atoms with E-state index in [0.717, 1.165) is 0 Å². The van der Waals surface area contributed by atoms with E-state index in [1.54, 1.807) is 50.7 Å². The number of aliphatic hydroxyl groups is 12. The van der Waals surface area contributed by atoms with Gasteiger partial charge in [-0.3, -0.25) is 29.0 Å². The maximum atomic E-state index is 13.5.